The molecule has 5 nitrogen and oxygen atoms in total. The number of amides is 1. The van der Waals surface area contributed by atoms with Crippen LogP contribution in [0.1, 0.15) is 27.9 Å². The first-order valence-corrected chi connectivity index (χ1v) is 7.79. The first-order valence-electron chi connectivity index (χ1n) is 7.79. The average molecular weight is 322 g/mol. The molecule has 3 rings (SSSR count). The second-order valence-electron chi connectivity index (χ2n) is 6.24. The Morgan fingerprint density at radius 1 is 1.25 bits per heavy atom. The maximum Gasteiger partial charge on any atom is 0.254 e. The van der Waals surface area contributed by atoms with Crippen molar-refractivity contribution >= 4 is 5.91 Å². The Kier molecular flexibility index (Phi) is 4.24. The molecule has 1 atom stereocenters. The second-order valence-corrected chi connectivity index (χ2v) is 6.24. The number of likely N-dealkylation sites (tertiary alicyclic amines) is 1. The molecule has 2 aromatic carbocycles. The zero-order valence-corrected chi connectivity index (χ0v) is 13.1. The van der Waals surface area contributed by atoms with Gasteiger partial charge in [-0.3, -0.25) is 4.79 Å². The second kappa shape index (κ2) is 6.34. The van der Waals surface area contributed by atoms with Crippen LogP contribution in [0.5, 0.6) is 5.75 Å². The van der Waals surface area contributed by atoms with E-state index in [0.29, 0.717) is 19.4 Å². The number of aliphatic hydroxyl groups is 1. The van der Waals surface area contributed by atoms with Crippen molar-refractivity contribution in [2.75, 3.05) is 13.1 Å². The topological polar surface area (TPSA) is 84.6 Å². The first kappa shape index (κ1) is 16.0. The van der Waals surface area contributed by atoms with E-state index in [0.717, 1.165) is 5.56 Å². The molecule has 2 aromatic rings. The van der Waals surface area contributed by atoms with Gasteiger partial charge in [-0.1, -0.05) is 30.3 Å². The van der Waals surface area contributed by atoms with Gasteiger partial charge in [0.05, 0.1) is 23.8 Å². The van der Waals surface area contributed by atoms with E-state index < -0.39 is 5.60 Å². The highest BCUT2D eigenvalue weighted by atomic mass is 16.3. The van der Waals surface area contributed by atoms with Crippen LogP contribution in [-0.4, -0.2) is 39.7 Å². The highest BCUT2D eigenvalue weighted by Gasteiger charge is 2.38. The van der Waals surface area contributed by atoms with Gasteiger partial charge in [-0.2, -0.15) is 5.26 Å². The number of rotatable bonds is 3. The van der Waals surface area contributed by atoms with Crippen LogP contribution < -0.4 is 0 Å². The van der Waals surface area contributed by atoms with Gasteiger partial charge in [0, 0.05) is 18.5 Å². The summed E-state index contributed by atoms with van der Waals surface area (Å²) in [5.41, 5.74) is 0.567. The summed E-state index contributed by atoms with van der Waals surface area (Å²) in [6.07, 6.45) is 0.985. The van der Waals surface area contributed by atoms with Crippen molar-refractivity contribution in [3.8, 4) is 11.8 Å². The molecular formula is C19H18N2O3. The van der Waals surface area contributed by atoms with Crippen molar-refractivity contribution in [3.63, 3.8) is 0 Å². The number of aromatic hydroxyl groups is 1. The average Bonchev–Trinajstić information content (AvgIpc) is 2.96. The molecule has 1 aliphatic rings. The van der Waals surface area contributed by atoms with Crippen molar-refractivity contribution in [3.05, 3.63) is 65.2 Å². The van der Waals surface area contributed by atoms with Crippen molar-refractivity contribution in [1.82, 2.24) is 4.90 Å². The SMILES string of the molecule is N#Cc1cc(O)cc(C(=O)N2CCC(O)(Cc3ccccc3)C2)c1. The molecular weight excluding hydrogens is 304 g/mol. The van der Waals surface area contributed by atoms with E-state index in [1.54, 1.807) is 4.90 Å². The van der Waals surface area contributed by atoms with E-state index >= 15 is 0 Å². The van der Waals surface area contributed by atoms with Gasteiger partial charge in [0.2, 0.25) is 0 Å². The minimum atomic E-state index is -0.952. The Morgan fingerprint density at radius 3 is 2.71 bits per heavy atom. The fraction of sp³-hybridized carbons (Fsp3) is 0.263. The molecule has 0 bridgehead atoms. The zero-order chi connectivity index (χ0) is 17.2. The van der Waals surface area contributed by atoms with Gasteiger partial charge in [-0.05, 0) is 30.2 Å². The third kappa shape index (κ3) is 3.39. The predicted octanol–water partition coefficient (Wildman–Crippen LogP) is 2.08. The van der Waals surface area contributed by atoms with Crippen LogP contribution in [0.4, 0.5) is 0 Å². The Bertz CT molecular complexity index is 798. The molecule has 2 N–H and O–H groups in total. The molecule has 24 heavy (non-hydrogen) atoms. The maximum atomic E-state index is 12.6. The van der Waals surface area contributed by atoms with Gasteiger partial charge >= 0.3 is 0 Å². The molecule has 0 aliphatic carbocycles. The predicted molar refractivity (Wildman–Crippen MR) is 88.4 cm³/mol. The molecule has 0 radical (unpaired) electrons. The fourth-order valence-corrected chi connectivity index (χ4v) is 3.13. The van der Waals surface area contributed by atoms with Gasteiger partial charge in [0.15, 0.2) is 0 Å². The molecule has 1 fully saturated rings. The molecule has 0 spiro atoms. The molecule has 1 heterocycles. The number of hydrogen-bond acceptors (Lipinski definition) is 4. The summed E-state index contributed by atoms with van der Waals surface area (Å²) >= 11 is 0. The summed E-state index contributed by atoms with van der Waals surface area (Å²) in [5, 5.41) is 29.4. The minimum Gasteiger partial charge on any atom is -0.508 e. The largest absolute Gasteiger partial charge is 0.508 e. The van der Waals surface area contributed by atoms with Crippen molar-refractivity contribution in [1.29, 1.82) is 5.26 Å². The number of carbonyl (C=O) groups excluding carboxylic acids is 1. The van der Waals surface area contributed by atoms with Gasteiger partial charge in [0.1, 0.15) is 5.75 Å². The summed E-state index contributed by atoms with van der Waals surface area (Å²) in [6, 6.07) is 15.7. The van der Waals surface area contributed by atoms with E-state index in [1.807, 2.05) is 36.4 Å². The van der Waals surface area contributed by atoms with Crippen LogP contribution in [0.15, 0.2) is 48.5 Å². The Hall–Kier alpha value is -2.84. The normalized spacial score (nSPS) is 19.9. The summed E-state index contributed by atoms with van der Waals surface area (Å²) < 4.78 is 0. The third-order valence-corrected chi connectivity index (χ3v) is 4.29. The lowest BCUT2D eigenvalue weighted by Gasteiger charge is -2.23. The number of phenols is 1. The molecule has 0 aromatic heterocycles. The summed E-state index contributed by atoms with van der Waals surface area (Å²) in [5.74, 6) is -0.400. The zero-order valence-electron chi connectivity index (χ0n) is 13.1. The third-order valence-electron chi connectivity index (χ3n) is 4.29. The number of carbonyl (C=O) groups is 1. The Balaban J connectivity index is 1.74. The van der Waals surface area contributed by atoms with Crippen LogP contribution in [0.2, 0.25) is 0 Å². The smallest absolute Gasteiger partial charge is 0.254 e. The van der Waals surface area contributed by atoms with Crippen molar-refractivity contribution in [2.24, 2.45) is 0 Å². The summed E-state index contributed by atoms with van der Waals surface area (Å²) in [6.45, 7) is 0.679. The molecule has 1 unspecified atom stereocenters. The van der Waals surface area contributed by atoms with E-state index in [2.05, 4.69) is 0 Å². The summed E-state index contributed by atoms with van der Waals surface area (Å²) in [4.78, 5) is 14.2. The number of nitrogens with zero attached hydrogens (tertiary/aromatic N) is 2. The molecule has 0 saturated carbocycles. The van der Waals surface area contributed by atoms with Crippen LogP contribution >= 0.6 is 0 Å². The molecule has 5 heteroatoms. The highest BCUT2D eigenvalue weighted by Crippen LogP contribution is 2.27. The molecule has 1 amide bonds. The van der Waals surface area contributed by atoms with E-state index in [-0.39, 0.29) is 29.3 Å². The number of benzene rings is 2. The van der Waals surface area contributed by atoms with Gasteiger partial charge < -0.3 is 15.1 Å². The number of β-amino-alcohol motifs (C(OH)–C–C–N with tert-alkyl or cyclic N) is 1. The van der Waals surface area contributed by atoms with E-state index in [1.165, 1.54) is 18.2 Å². The molecule has 122 valence electrons. The summed E-state index contributed by atoms with van der Waals surface area (Å²) in [7, 11) is 0. The van der Waals surface area contributed by atoms with Gasteiger partial charge in [0.25, 0.3) is 5.91 Å². The standard InChI is InChI=1S/C19H18N2O3/c20-12-15-8-16(10-17(22)9-15)18(23)21-7-6-19(24,13-21)11-14-4-2-1-3-5-14/h1-5,8-10,22,24H,6-7,11,13H2. The highest BCUT2D eigenvalue weighted by molar-refractivity contribution is 5.95. The molecule has 1 saturated heterocycles. The van der Waals surface area contributed by atoms with E-state index in [4.69, 9.17) is 5.26 Å². The quantitative estimate of drug-likeness (QED) is 0.906. The van der Waals surface area contributed by atoms with Gasteiger partial charge in [-0.15, -0.1) is 0 Å². The number of nitriles is 1. The van der Waals surface area contributed by atoms with Crippen LogP contribution in [0.3, 0.4) is 0 Å². The number of hydrogen-bond donors (Lipinski definition) is 2. The number of phenolic OH excluding ortho intramolecular Hbond substituents is 1. The molecule has 1 aliphatic heterocycles. The Morgan fingerprint density at radius 2 is 2.00 bits per heavy atom. The lowest BCUT2D eigenvalue weighted by molar-refractivity contribution is 0.0445. The van der Waals surface area contributed by atoms with Crippen LogP contribution in [-0.2, 0) is 6.42 Å². The Labute approximate surface area is 140 Å². The lowest BCUT2D eigenvalue weighted by Crippen LogP contribution is -2.37. The lowest BCUT2D eigenvalue weighted by atomic mass is 9.94. The first-order chi connectivity index (χ1) is 11.5. The van der Waals surface area contributed by atoms with Crippen LogP contribution in [0, 0.1) is 11.3 Å². The monoisotopic (exact) mass is 322 g/mol. The van der Waals surface area contributed by atoms with Crippen LogP contribution in [0.25, 0.3) is 0 Å². The van der Waals surface area contributed by atoms with Crippen molar-refractivity contribution in [2.45, 2.75) is 18.4 Å². The van der Waals surface area contributed by atoms with E-state index in [9.17, 15) is 15.0 Å². The van der Waals surface area contributed by atoms with Gasteiger partial charge in [-0.25, -0.2) is 0 Å². The fourth-order valence-electron chi connectivity index (χ4n) is 3.13. The minimum absolute atomic E-state index is 0.115. The maximum absolute atomic E-state index is 12.6. The van der Waals surface area contributed by atoms with Crippen molar-refractivity contribution < 1.29 is 15.0 Å².